The lowest BCUT2D eigenvalue weighted by molar-refractivity contribution is -0.126. The number of rotatable bonds is 6. The molecule has 3 fully saturated rings. The van der Waals surface area contributed by atoms with Gasteiger partial charge in [0, 0.05) is 5.92 Å². The molecule has 0 aromatic carbocycles. The Labute approximate surface area is 191 Å². The van der Waals surface area contributed by atoms with Gasteiger partial charge in [-0.2, -0.15) is 0 Å². The van der Waals surface area contributed by atoms with E-state index >= 15 is 0 Å². The molecule has 0 radical (unpaired) electrons. The minimum Gasteiger partial charge on any atom is -0.294 e. The smallest absolute Gasteiger partial charge is 0.237 e. The largest absolute Gasteiger partial charge is 0.294 e. The molecule has 4 rings (SSSR count). The Balaban J connectivity index is 1.48. The average Bonchev–Trinajstić information content (AvgIpc) is 3.09. The Bertz CT molecular complexity index is 699. The van der Waals surface area contributed by atoms with Crippen LogP contribution in [0.3, 0.4) is 0 Å². The van der Waals surface area contributed by atoms with Crippen LogP contribution in [0.15, 0.2) is 11.6 Å². The van der Waals surface area contributed by atoms with Crippen LogP contribution in [-0.4, -0.2) is 5.91 Å². The molecule has 0 aromatic rings. The molecule has 4 aliphatic carbocycles. The van der Waals surface area contributed by atoms with Crippen LogP contribution in [0.5, 0.6) is 0 Å². The molecule has 0 spiro atoms. The summed E-state index contributed by atoms with van der Waals surface area (Å²) in [6.45, 7) is 12.5. The third-order valence-corrected chi connectivity index (χ3v) is 10.8. The number of allylic oxidation sites excluding steroid dienone is 2. The molecule has 31 heavy (non-hydrogen) atoms. The Morgan fingerprint density at radius 1 is 1.10 bits per heavy atom. The third kappa shape index (κ3) is 4.02. The zero-order valence-electron chi connectivity index (χ0n) is 20.9. The summed E-state index contributed by atoms with van der Waals surface area (Å²) < 4.78 is 0. The molecule has 0 heterocycles. The minimum atomic E-state index is 0.0337. The van der Waals surface area contributed by atoms with E-state index < -0.39 is 0 Å². The maximum atomic E-state index is 12.2. The van der Waals surface area contributed by atoms with Crippen molar-refractivity contribution in [3.05, 3.63) is 11.6 Å². The number of hydrogen-bond acceptors (Lipinski definition) is 2. The lowest BCUT2D eigenvalue weighted by atomic mass is 9.46. The van der Waals surface area contributed by atoms with E-state index in [1.54, 1.807) is 5.57 Å². The van der Waals surface area contributed by atoms with E-state index in [1.165, 1.54) is 51.4 Å². The van der Waals surface area contributed by atoms with Gasteiger partial charge in [-0.3, -0.25) is 10.2 Å². The predicted octanol–water partition coefficient (Wildman–Crippen LogP) is 6.63. The Morgan fingerprint density at radius 2 is 1.87 bits per heavy atom. The molecule has 8 atom stereocenters. The van der Waals surface area contributed by atoms with Gasteiger partial charge in [0.15, 0.2) is 0 Å². The summed E-state index contributed by atoms with van der Waals surface area (Å²) in [5, 5.41) is 0. The summed E-state index contributed by atoms with van der Waals surface area (Å²) in [6.07, 6.45) is 16.9. The highest BCUT2D eigenvalue weighted by molar-refractivity contribution is 5.78. The number of nitrogens with two attached hydrogens (primary N) is 1. The molecular formula is C28H48N2O. The zero-order chi connectivity index (χ0) is 22.4. The SMILES string of the molecule is CC(C)CCC[C@H](C)[C@H]1CC[C@H]2[C@@H]3CC=C4C[C@@H](C(=O)NN)CC[C@]4(C)[C@H]3CC[C@]12C. The number of fused-ring (bicyclic) bond motifs is 5. The fourth-order valence-electron chi connectivity index (χ4n) is 9.03. The van der Waals surface area contributed by atoms with Crippen molar-refractivity contribution in [2.75, 3.05) is 0 Å². The summed E-state index contributed by atoms with van der Waals surface area (Å²) in [6, 6.07) is 0. The first kappa shape index (κ1) is 23.3. The van der Waals surface area contributed by atoms with Crippen molar-refractivity contribution >= 4 is 5.91 Å². The fourth-order valence-corrected chi connectivity index (χ4v) is 9.03. The number of amides is 1. The van der Waals surface area contributed by atoms with Gasteiger partial charge in [0.05, 0.1) is 0 Å². The van der Waals surface area contributed by atoms with E-state index in [0.29, 0.717) is 10.8 Å². The number of carbonyl (C=O) groups is 1. The lowest BCUT2D eigenvalue weighted by Crippen LogP contribution is -2.51. The Kier molecular flexibility index (Phi) is 6.65. The average molecular weight is 429 g/mol. The lowest BCUT2D eigenvalue weighted by Gasteiger charge is -2.58. The predicted molar refractivity (Wildman–Crippen MR) is 129 cm³/mol. The number of hydrazine groups is 1. The second kappa shape index (κ2) is 8.84. The summed E-state index contributed by atoms with van der Waals surface area (Å²) in [7, 11) is 0. The molecule has 3 heteroatoms. The monoisotopic (exact) mass is 428 g/mol. The van der Waals surface area contributed by atoms with Crippen LogP contribution in [0.1, 0.15) is 105 Å². The summed E-state index contributed by atoms with van der Waals surface area (Å²) in [5.74, 6) is 10.8. The van der Waals surface area contributed by atoms with Crippen molar-refractivity contribution in [2.24, 2.45) is 58.1 Å². The Morgan fingerprint density at radius 3 is 2.58 bits per heavy atom. The number of nitrogens with one attached hydrogen (secondary N) is 1. The van der Waals surface area contributed by atoms with Crippen molar-refractivity contribution in [3.8, 4) is 0 Å². The molecule has 0 aliphatic heterocycles. The first-order chi connectivity index (χ1) is 14.7. The van der Waals surface area contributed by atoms with Gasteiger partial charge in [-0.05, 0) is 97.7 Å². The van der Waals surface area contributed by atoms with Gasteiger partial charge >= 0.3 is 0 Å². The van der Waals surface area contributed by atoms with Crippen molar-refractivity contribution in [3.63, 3.8) is 0 Å². The molecule has 0 unspecified atom stereocenters. The van der Waals surface area contributed by atoms with Gasteiger partial charge < -0.3 is 0 Å². The fraction of sp³-hybridized carbons (Fsp3) is 0.893. The quantitative estimate of drug-likeness (QED) is 0.216. The van der Waals surface area contributed by atoms with Crippen LogP contribution in [-0.2, 0) is 4.79 Å². The maximum Gasteiger partial charge on any atom is 0.237 e. The highest BCUT2D eigenvalue weighted by Gasteiger charge is 2.59. The van der Waals surface area contributed by atoms with E-state index in [0.717, 1.165) is 54.8 Å². The number of carbonyl (C=O) groups excluding carboxylic acids is 1. The highest BCUT2D eigenvalue weighted by atomic mass is 16.2. The van der Waals surface area contributed by atoms with E-state index in [1.807, 2.05) is 0 Å². The second-order valence-corrected chi connectivity index (χ2v) is 12.7. The van der Waals surface area contributed by atoms with Crippen LogP contribution in [0.25, 0.3) is 0 Å². The van der Waals surface area contributed by atoms with Crippen LogP contribution < -0.4 is 11.3 Å². The van der Waals surface area contributed by atoms with Gasteiger partial charge in [0.1, 0.15) is 0 Å². The first-order valence-electron chi connectivity index (χ1n) is 13.4. The van der Waals surface area contributed by atoms with E-state index in [-0.39, 0.29) is 11.8 Å². The van der Waals surface area contributed by atoms with Gasteiger partial charge in [0.2, 0.25) is 5.91 Å². The van der Waals surface area contributed by atoms with Crippen molar-refractivity contribution < 1.29 is 4.79 Å². The maximum absolute atomic E-state index is 12.2. The standard InChI is InChI=1S/C28H48N2O/c1-18(2)7-6-8-19(3)23-11-12-24-22-10-9-21-17-20(26(31)30-29)13-15-27(21,4)25(22)14-16-28(23,24)5/h9,18-20,22-25H,6-8,10-17,29H2,1-5H3,(H,30,31)/t19-,20-,22-,23+,24-,25-,27-,28+/m0/s1. The molecular weight excluding hydrogens is 380 g/mol. The zero-order valence-corrected chi connectivity index (χ0v) is 20.9. The normalized spacial score (nSPS) is 42.9. The number of hydrogen-bond donors (Lipinski definition) is 2. The molecule has 0 saturated heterocycles. The molecule has 0 aromatic heterocycles. The van der Waals surface area contributed by atoms with Crippen molar-refractivity contribution in [2.45, 2.75) is 105 Å². The summed E-state index contributed by atoms with van der Waals surface area (Å²) in [5.41, 5.74) is 4.85. The molecule has 0 bridgehead atoms. The van der Waals surface area contributed by atoms with Gasteiger partial charge in [-0.15, -0.1) is 0 Å². The van der Waals surface area contributed by atoms with E-state index in [4.69, 9.17) is 5.84 Å². The highest BCUT2D eigenvalue weighted by Crippen LogP contribution is 2.67. The molecule has 3 saturated carbocycles. The van der Waals surface area contributed by atoms with Gasteiger partial charge in [0.25, 0.3) is 0 Å². The van der Waals surface area contributed by atoms with E-state index in [2.05, 4.69) is 46.1 Å². The Hall–Kier alpha value is -0.830. The van der Waals surface area contributed by atoms with Gasteiger partial charge in [-0.25, -0.2) is 5.84 Å². The third-order valence-electron chi connectivity index (χ3n) is 10.8. The summed E-state index contributed by atoms with van der Waals surface area (Å²) >= 11 is 0. The van der Waals surface area contributed by atoms with Crippen molar-refractivity contribution in [1.29, 1.82) is 0 Å². The second-order valence-electron chi connectivity index (χ2n) is 12.7. The van der Waals surface area contributed by atoms with Gasteiger partial charge in [-0.1, -0.05) is 65.5 Å². The van der Waals surface area contributed by atoms with E-state index in [9.17, 15) is 4.79 Å². The summed E-state index contributed by atoms with van der Waals surface area (Å²) in [4.78, 5) is 12.2. The minimum absolute atomic E-state index is 0.0337. The topological polar surface area (TPSA) is 55.1 Å². The molecule has 3 nitrogen and oxygen atoms in total. The van der Waals surface area contributed by atoms with Crippen LogP contribution in [0.4, 0.5) is 0 Å². The molecule has 176 valence electrons. The van der Waals surface area contributed by atoms with Crippen LogP contribution >= 0.6 is 0 Å². The van der Waals surface area contributed by atoms with Crippen LogP contribution in [0, 0.1) is 52.3 Å². The first-order valence-corrected chi connectivity index (χ1v) is 13.4. The van der Waals surface area contributed by atoms with Crippen molar-refractivity contribution in [1.82, 2.24) is 5.43 Å². The molecule has 4 aliphatic rings. The van der Waals surface area contributed by atoms with Crippen LogP contribution in [0.2, 0.25) is 0 Å². The molecule has 1 amide bonds. The molecule has 3 N–H and O–H groups in total.